The van der Waals surface area contributed by atoms with Crippen LogP contribution in [0.4, 0.5) is 10.5 Å². The van der Waals surface area contributed by atoms with E-state index < -0.39 is 23.9 Å². The van der Waals surface area contributed by atoms with Crippen molar-refractivity contribution in [3.05, 3.63) is 24.3 Å². The molecule has 1 aliphatic carbocycles. The van der Waals surface area contributed by atoms with Crippen molar-refractivity contribution in [2.75, 3.05) is 25.5 Å². The molecule has 1 saturated carbocycles. The van der Waals surface area contributed by atoms with Crippen molar-refractivity contribution in [3.8, 4) is 5.75 Å². The SMILES string of the molecule is COc1ccc(NC(=O)NC(=O)[C@@H]2CCCN2C(=O)[C@H](CC2CCCC2)CN(O)C=O)cc1. The third kappa shape index (κ3) is 6.67. The molecule has 10 heteroatoms. The molecule has 3 N–H and O–H groups in total. The largest absolute Gasteiger partial charge is 0.497 e. The summed E-state index contributed by atoms with van der Waals surface area (Å²) in [5.74, 6) is -0.409. The molecule has 33 heavy (non-hydrogen) atoms. The maximum absolute atomic E-state index is 13.3. The second kappa shape index (κ2) is 11.6. The normalized spacial score (nSPS) is 19.1. The highest BCUT2D eigenvalue weighted by atomic mass is 16.5. The molecule has 1 aromatic rings. The van der Waals surface area contributed by atoms with Crippen LogP contribution in [-0.4, -0.2) is 65.7 Å². The number of benzene rings is 1. The number of imide groups is 1. The quantitative estimate of drug-likeness (QED) is 0.295. The van der Waals surface area contributed by atoms with E-state index in [1.807, 2.05) is 0 Å². The second-order valence-corrected chi connectivity index (χ2v) is 8.67. The van der Waals surface area contributed by atoms with Crippen LogP contribution in [0.1, 0.15) is 44.9 Å². The molecule has 1 aliphatic heterocycles. The molecule has 2 atom stereocenters. The Labute approximate surface area is 193 Å². The first kappa shape index (κ1) is 24.5. The topological polar surface area (TPSA) is 128 Å². The summed E-state index contributed by atoms with van der Waals surface area (Å²) in [5, 5.41) is 15.1. The minimum atomic E-state index is -0.770. The summed E-state index contributed by atoms with van der Waals surface area (Å²) < 4.78 is 5.07. The second-order valence-electron chi connectivity index (χ2n) is 8.67. The van der Waals surface area contributed by atoms with Crippen molar-refractivity contribution in [2.45, 2.75) is 51.0 Å². The van der Waals surface area contributed by atoms with Gasteiger partial charge in [0.05, 0.1) is 19.6 Å². The lowest BCUT2D eigenvalue weighted by molar-refractivity contribution is -0.158. The van der Waals surface area contributed by atoms with Crippen LogP contribution in [0.5, 0.6) is 5.75 Å². The highest BCUT2D eigenvalue weighted by Gasteiger charge is 2.39. The van der Waals surface area contributed by atoms with E-state index in [0.717, 1.165) is 25.7 Å². The van der Waals surface area contributed by atoms with Crippen LogP contribution < -0.4 is 15.4 Å². The molecule has 0 bridgehead atoms. The predicted octanol–water partition coefficient (Wildman–Crippen LogP) is 2.38. The molecule has 1 saturated heterocycles. The number of carbonyl (C=O) groups is 4. The van der Waals surface area contributed by atoms with E-state index in [1.165, 1.54) is 12.0 Å². The van der Waals surface area contributed by atoms with E-state index in [4.69, 9.17) is 4.74 Å². The highest BCUT2D eigenvalue weighted by molar-refractivity contribution is 6.04. The number of nitrogens with one attached hydrogen (secondary N) is 2. The first-order chi connectivity index (χ1) is 15.9. The molecule has 2 aliphatic rings. The van der Waals surface area contributed by atoms with Crippen molar-refractivity contribution < 1.29 is 29.1 Å². The van der Waals surface area contributed by atoms with Gasteiger partial charge in [-0.25, -0.2) is 9.86 Å². The van der Waals surface area contributed by atoms with Crippen LogP contribution in [0.3, 0.4) is 0 Å². The molecule has 3 rings (SSSR count). The van der Waals surface area contributed by atoms with Gasteiger partial charge in [0.25, 0.3) is 5.91 Å². The molecule has 2 fully saturated rings. The van der Waals surface area contributed by atoms with Gasteiger partial charge in [0.1, 0.15) is 11.8 Å². The van der Waals surface area contributed by atoms with Crippen molar-refractivity contribution in [1.82, 2.24) is 15.3 Å². The van der Waals surface area contributed by atoms with E-state index >= 15 is 0 Å². The Kier molecular flexibility index (Phi) is 8.65. The van der Waals surface area contributed by atoms with Crippen LogP contribution in [0.2, 0.25) is 0 Å². The van der Waals surface area contributed by atoms with E-state index in [0.29, 0.717) is 48.2 Å². The van der Waals surface area contributed by atoms with E-state index in [9.17, 15) is 24.4 Å². The smallest absolute Gasteiger partial charge is 0.325 e. The number of hydrogen-bond acceptors (Lipinski definition) is 6. The average Bonchev–Trinajstić information content (AvgIpc) is 3.50. The van der Waals surface area contributed by atoms with Gasteiger partial charge in [-0.2, -0.15) is 0 Å². The van der Waals surface area contributed by atoms with Gasteiger partial charge in [-0.3, -0.25) is 24.9 Å². The lowest BCUT2D eigenvalue weighted by Gasteiger charge is -2.30. The van der Waals surface area contributed by atoms with Crippen molar-refractivity contribution in [3.63, 3.8) is 0 Å². The standard InChI is InChI=1S/C23H32N4O6/c1-33-19-10-8-18(9-11-19)24-23(31)25-21(29)20-7-4-12-27(20)22(30)17(14-26(32)15-28)13-16-5-2-3-6-16/h8-11,15-17,20,32H,2-7,12-14H2,1H3,(H2,24,25,29,31)/t17-,20+/m1/s1. The van der Waals surface area contributed by atoms with Gasteiger partial charge >= 0.3 is 6.03 Å². The summed E-state index contributed by atoms with van der Waals surface area (Å²) >= 11 is 0. The van der Waals surface area contributed by atoms with E-state index in [1.54, 1.807) is 24.3 Å². The lowest BCUT2D eigenvalue weighted by atomic mass is 9.91. The first-order valence-electron chi connectivity index (χ1n) is 11.4. The molecule has 0 radical (unpaired) electrons. The number of hydrogen-bond donors (Lipinski definition) is 3. The predicted molar refractivity (Wildman–Crippen MR) is 120 cm³/mol. The molecule has 5 amide bonds. The average molecular weight is 461 g/mol. The number of amides is 5. The summed E-state index contributed by atoms with van der Waals surface area (Å²) in [6, 6.07) is 5.21. The van der Waals surface area contributed by atoms with Crippen molar-refractivity contribution in [1.29, 1.82) is 0 Å². The zero-order valence-corrected chi connectivity index (χ0v) is 18.9. The zero-order valence-electron chi connectivity index (χ0n) is 18.9. The van der Waals surface area contributed by atoms with Gasteiger partial charge in [0.2, 0.25) is 12.3 Å². The monoisotopic (exact) mass is 460 g/mol. The third-order valence-electron chi connectivity index (χ3n) is 6.39. The lowest BCUT2D eigenvalue weighted by Crippen LogP contribution is -2.51. The molecule has 1 heterocycles. The maximum Gasteiger partial charge on any atom is 0.325 e. The number of urea groups is 1. The summed E-state index contributed by atoms with van der Waals surface area (Å²) in [6.45, 7) is 0.284. The van der Waals surface area contributed by atoms with Crippen molar-refractivity contribution >= 4 is 29.9 Å². The molecule has 0 unspecified atom stereocenters. The Balaban J connectivity index is 1.61. The van der Waals surface area contributed by atoms with Gasteiger partial charge in [-0.05, 0) is 49.4 Å². The number of carbonyl (C=O) groups excluding carboxylic acids is 4. The van der Waals surface area contributed by atoms with Gasteiger partial charge in [0.15, 0.2) is 0 Å². The molecule has 10 nitrogen and oxygen atoms in total. The van der Waals surface area contributed by atoms with Crippen LogP contribution in [0.25, 0.3) is 0 Å². The molecule has 0 aromatic heterocycles. The number of ether oxygens (including phenoxy) is 1. The first-order valence-corrected chi connectivity index (χ1v) is 11.4. The maximum atomic E-state index is 13.3. The van der Waals surface area contributed by atoms with Crippen LogP contribution in [0, 0.1) is 11.8 Å². The van der Waals surface area contributed by atoms with Gasteiger partial charge < -0.3 is 15.0 Å². The third-order valence-corrected chi connectivity index (χ3v) is 6.39. The number of anilines is 1. The van der Waals surface area contributed by atoms with Crippen LogP contribution in [-0.2, 0) is 14.4 Å². The molecular weight excluding hydrogens is 428 g/mol. The fraction of sp³-hybridized carbons (Fsp3) is 0.565. The number of hydroxylamine groups is 2. The van der Waals surface area contributed by atoms with Gasteiger partial charge in [0, 0.05) is 12.2 Å². The van der Waals surface area contributed by atoms with E-state index in [2.05, 4.69) is 10.6 Å². The summed E-state index contributed by atoms with van der Waals surface area (Å²) in [7, 11) is 1.54. The Morgan fingerprint density at radius 2 is 1.88 bits per heavy atom. The summed E-state index contributed by atoms with van der Waals surface area (Å²) in [5.41, 5.74) is 0.494. The van der Waals surface area contributed by atoms with Gasteiger partial charge in [-0.1, -0.05) is 25.7 Å². The minimum absolute atomic E-state index is 0.109. The minimum Gasteiger partial charge on any atom is -0.497 e. The molecule has 180 valence electrons. The van der Waals surface area contributed by atoms with E-state index in [-0.39, 0.29) is 18.9 Å². The summed E-state index contributed by atoms with van der Waals surface area (Å²) in [6.07, 6.45) is 6.19. The zero-order chi connectivity index (χ0) is 23.8. The van der Waals surface area contributed by atoms with Crippen LogP contribution in [0.15, 0.2) is 24.3 Å². The number of methoxy groups -OCH3 is 1. The Hall–Kier alpha value is -3.14. The number of rotatable bonds is 9. The number of likely N-dealkylation sites (tertiary alicyclic amines) is 1. The molecule has 0 spiro atoms. The van der Waals surface area contributed by atoms with Crippen molar-refractivity contribution in [2.24, 2.45) is 11.8 Å². The van der Waals surface area contributed by atoms with Gasteiger partial charge in [-0.15, -0.1) is 0 Å². The Bertz CT molecular complexity index is 840. The molecular formula is C23H32N4O6. The summed E-state index contributed by atoms with van der Waals surface area (Å²) in [4.78, 5) is 50.8. The van der Waals surface area contributed by atoms with Crippen LogP contribution >= 0.6 is 0 Å². The Morgan fingerprint density at radius 1 is 1.18 bits per heavy atom. The number of nitrogens with zero attached hydrogens (tertiary/aromatic N) is 2. The fourth-order valence-electron chi connectivity index (χ4n) is 4.74. The molecule has 1 aromatic carbocycles. The highest BCUT2D eigenvalue weighted by Crippen LogP contribution is 2.32. The Morgan fingerprint density at radius 3 is 2.52 bits per heavy atom. The fourth-order valence-corrected chi connectivity index (χ4v) is 4.74.